The fourth-order valence-electron chi connectivity index (χ4n) is 2.45. The maximum absolute atomic E-state index is 4.28. The van der Waals surface area contributed by atoms with Crippen LogP contribution in [0.15, 0.2) is 6.33 Å². The Morgan fingerprint density at radius 1 is 1.47 bits per heavy atom. The summed E-state index contributed by atoms with van der Waals surface area (Å²) < 4.78 is 0. The molecule has 0 amide bonds. The Morgan fingerprint density at radius 3 is 2.80 bits per heavy atom. The van der Waals surface area contributed by atoms with Crippen molar-refractivity contribution in [3.63, 3.8) is 0 Å². The van der Waals surface area contributed by atoms with Gasteiger partial charge in [-0.05, 0) is 25.2 Å². The normalized spacial score (nSPS) is 19.6. The van der Waals surface area contributed by atoms with Gasteiger partial charge in [0.2, 0.25) is 0 Å². The van der Waals surface area contributed by atoms with E-state index in [1.54, 1.807) is 6.33 Å². The first kappa shape index (κ1) is 10.7. The molecule has 0 unspecified atom stereocenters. The second kappa shape index (κ2) is 4.35. The quantitative estimate of drug-likeness (QED) is 0.796. The molecule has 0 radical (unpaired) electrons. The van der Waals surface area contributed by atoms with Gasteiger partial charge in [0.1, 0.15) is 0 Å². The molecule has 1 saturated carbocycles. The number of aromatic amines is 1. The molecule has 3 nitrogen and oxygen atoms in total. The van der Waals surface area contributed by atoms with E-state index in [0.29, 0.717) is 5.41 Å². The van der Waals surface area contributed by atoms with Gasteiger partial charge in [-0.2, -0.15) is 0 Å². The van der Waals surface area contributed by atoms with Crippen LogP contribution in [0, 0.1) is 12.3 Å². The van der Waals surface area contributed by atoms with Gasteiger partial charge >= 0.3 is 0 Å². The highest BCUT2D eigenvalue weighted by Gasteiger charge is 2.27. The van der Waals surface area contributed by atoms with Gasteiger partial charge < -0.3 is 10.3 Å². The summed E-state index contributed by atoms with van der Waals surface area (Å²) in [4.78, 5) is 7.39. The molecule has 1 heterocycles. The van der Waals surface area contributed by atoms with Gasteiger partial charge in [0.05, 0.1) is 12.0 Å². The zero-order chi connectivity index (χ0) is 10.7. The van der Waals surface area contributed by atoms with Crippen molar-refractivity contribution in [2.24, 2.45) is 5.41 Å². The molecule has 0 spiro atoms. The lowest BCUT2D eigenvalue weighted by Crippen LogP contribution is -2.29. The summed E-state index contributed by atoms with van der Waals surface area (Å²) in [7, 11) is 0. The summed E-state index contributed by atoms with van der Waals surface area (Å²) in [6.45, 7) is 6.48. The van der Waals surface area contributed by atoms with Crippen molar-refractivity contribution in [2.45, 2.75) is 46.1 Å². The zero-order valence-corrected chi connectivity index (χ0v) is 9.77. The van der Waals surface area contributed by atoms with Crippen LogP contribution in [0.4, 0.5) is 0 Å². The Kier molecular flexibility index (Phi) is 3.10. The minimum absolute atomic E-state index is 0.532. The van der Waals surface area contributed by atoms with E-state index < -0.39 is 0 Å². The van der Waals surface area contributed by atoms with E-state index in [4.69, 9.17) is 0 Å². The summed E-state index contributed by atoms with van der Waals surface area (Å²) in [5, 5.41) is 3.53. The van der Waals surface area contributed by atoms with E-state index in [-0.39, 0.29) is 0 Å². The first-order valence-corrected chi connectivity index (χ1v) is 5.89. The van der Waals surface area contributed by atoms with Crippen LogP contribution in [0.2, 0.25) is 0 Å². The molecule has 0 atom stereocenters. The van der Waals surface area contributed by atoms with E-state index in [1.165, 1.54) is 31.4 Å². The van der Waals surface area contributed by atoms with Gasteiger partial charge in [-0.25, -0.2) is 4.98 Å². The number of aromatic nitrogens is 2. The lowest BCUT2D eigenvalue weighted by Gasteiger charge is -2.23. The largest absolute Gasteiger partial charge is 0.348 e. The van der Waals surface area contributed by atoms with Gasteiger partial charge in [-0.15, -0.1) is 0 Å². The van der Waals surface area contributed by atoms with E-state index in [2.05, 4.69) is 29.1 Å². The van der Waals surface area contributed by atoms with Gasteiger partial charge in [0.25, 0.3) is 0 Å². The van der Waals surface area contributed by atoms with Crippen LogP contribution in [0.5, 0.6) is 0 Å². The maximum Gasteiger partial charge on any atom is 0.0925 e. The average molecular weight is 207 g/mol. The minimum Gasteiger partial charge on any atom is -0.348 e. The Hall–Kier alpha value is -0.830. The van der Waals surface area contributed by atoms with Crippen molar-refractivity contribution < 1.29 is 0 Å². The number of rotatable bonds is 4. The minimum atomic E-state index is 0.532. The Morgan fingerprint density at radius 2 is 2.20 bits per heavy atom. The summed E-state index contributed by atoms with van der Waals surface area (Å²) in [5.74, 6) is 0. The summed E-state index contributed by atoms with van der Waals surface area (Å²) >= 11 is 0. The number of nitrogens with zero attached hydrogens (tertiary/aromatic N) is 1. The molecule has 1 aliphatic rings. The smallest absolute Gasteiger partial charge is 0.0925 e. The molecule has 1 aliphatic carbocycles. The lowest BCUT2D eigenvalue weighted by atomic mass is 9.89. The molecule has 15 heavy (non-hydrogen) atoms. The molecule has 0 aliphatic heterocycles. The van der Waals surface area contributed by atoms with E-state index in [0.717, 1.165) is 18.8 Å². The van der Waals surface area contributed by atoms with Gasteiger partial charge in [-0.3, -0.25) is 0 Å². The molecule has 2 N–H and O–H groups in total. The lowest BCUT2D eigenvalue weighted by molar-refractivity contribution is 0.314. The standard InChI is InChI=1S/C12H21N3/c1-10-11(15-9-14-10)7-13-8-12(2)5-3-4-6-12/h9,13H,3-8H2,1-2H3,(H,14,15). The first-order chi connectivity index (χ1) is 7.20. The number of aryl methyl sites for hydroxylation is 1. The van der Waals surface area contributed by atoms with Crippen LogP contribution < -0.4 is 5.32 Å². The Labute approximate surface area is 91.7 Å². The Balaban J connectivity index is 1.77. The molecule has 0 aromatic carbocycles. The van der Waals surface area contributed by atoms with Crippen molar-refractivity contribution in [3.05, 3.63) is 17.7 Å². The second-order valence-corrected chi connectivity index (χ2v) is 5.10. The molecular formula is C12H21N3. The topological polar surface area (TPSA) is 40.7 Å². The van der Waals surface area contributed by atoms with E-state index in [9.17, 15) is 0 Å². The Bertz CT molecular complexity index is 310. The van der Waals surface area contributed by atoms with Crippen molar-refractivity contribution in [1.82, 2.24) is 15.3 Å². The molecule has 2 rings (SSSR count). The number of H-pyrrole nitrogens is 1. The molecule has 1 fully saturated rings. The van der Waals surface area contributed by atoms with Crippen LogP contribution in [-0.4, -0.2) is 16.5 Å². The third-order valence-electron chi connectivity index (χ3n) is 3.59. The van der Waals surface area contributed by atoms with Crippen molar-refractivity contribution in [1.29, 1.82) is 0 Å². The predicted octanol–water partition coefficient (Wildman–Crippen LogP) is 2.39. The highest BCUT2D eigenvalue weighted by Crippen LogP contribution is 2.36. The molecule has 0 bridgehead atoms. The highest BCUT2D eigenvalue weighted by atomic mass is 14.9. The fraction of sp³-hybridized carbons (Fsp3) is 0.750. The zero-order valence-electron chi connectivity index (χ0n) is 9.77. The summed E-state index contributed by atoms with van der Waals surface area (Å²) in [6.07, 6.45) is 7.32. The molecule has 1 aromatic heterocycles. The highest BCUT2D eigenvalue weighted by molar-refractivity contribution is 5.08. The van der Waals surface area contributed by atoms with Gasteiger partial charge in [-0.1, -0.05) is 19.8 Å². The SMILES string of the molecule is Cc1[nH]cnc1CNCC1(C)CCCC1. The van der Waals surface area contributed by atoms with Crippen LogP contribution in [0.25, 0.3) is 0 Å². The fourth-order valence-corrected chi connectivity index (χ4v) is 2.45. The van der Waals surface area contributed by atoms with Gasteiger partial charge in [0, 0.05) is 18.8 Å². The van der Waals surface area contributed by atoms with Crippen molar-refractivity contribution in [3.8, 4) is 0 Å². The number of hydrogen-bond donors (Lipinski definition) is 2. The van der Waals surface area contributed by atoms with Crippen LogP contribution in [-0.2, 0) is 6.54 Å². The molecule has 1 aromatic rings. The third-order valence-corrected chi connectivity index (χ3v) is 3.59. The average Bonchev–Trinajstić information content (AvgIpc) is 2.78. The van der Waals surface area contributed by atoms with E-state index >= 15 is 0 Å². The number of nitrogens with one attached hydrogen (secondary N) is 2. The maximum atomic E-state index is 4.28. The van der Waals surface area contributed by atoms with Gasteiger partial charge in [0.15, 0.2) is 0 Å². The number of hydrogen-bond acceptors (Lipinski definition) is 2. The molecule has 0 saturated heterocycles. The van der Waals surface area contributed by atoms with E-state index in [1.807, 2.05) is 0 Å². The predicted molar refractivity (Wildman–Crippen MR) is 61.6 cm³/mol. The molecule has 3 heteroatoms. The summed E-state index contributed by atoms with van der Waals surface area (Å²) in [5.41, 5.74) is 2.86. The monoisotopic (exact) mass is 207 g/mol. The van der Waals surface area contributed by atoms with Crippen LogP contribution in [0.1, 0.15) is 44.0 Å². The van der Waals surface area contributed by atoms with Crippen molar-refractivity contribution in [2.75, 3.05) is 6.54 Å². The molecule has 84 valence electrons. The number of imidazole rings is 1. The molecular weight excluding hydrogens is 186 g/mol. The van der Waals surface area contributed by atoms with Crippen molar-refractivity contribution >= 4 is 0 Å². The summed E-state index contributed by atoms with van der Waals surface area (Å²) in [6, 6.07) is 0. The first-order valence-electron chi connectivity index (χ1n) is 5.89. The third kappa shape index (κ3) is 2.59. The van der Waals surface area contributed by atoms with Crippen LogP contribution in [0.3, 0.4) is 0 Å². The van der Waals surface area contributed by atoms with Crippen LogP contribution >= 0.6 is 0 Å². The second-order valence-electron chi connectivity index (χ2n) is 5.10.